The maximum atomic E-state index is 11.9. The van der Waals surface area contributed by atoms with Gasteiger partial charge in [-0.05, 0) is 35.7 Å². The summed E-state index contributed by atoms with van der Waals surface area (Å²) in [6.45, 7) is -0.0425. The van der Waals surface area contributed by atoms with Gasteiger partial charge in [0.2, 0.25) is 5.91 Å². The molecule has 0 fully saturated rings. The molecular formula is C16H18N2O3. The number of nitrogens with zero attached hydrogens (tertiary/aromatic N) is 1. The molecule has 21 heavy (non-hydrogen) atoms. The van der Waals surface area contributed by atoms with Crippen LogP contribution in [0.25, 0.3) is 0 Å². The molecule has 1 aromatic heterocycles. The molecule has 2 aromatic rings. The summed E-state index contributed by atoms with van der Waals surface area (Å²) in [6, 6.07) is 9.02. The van der Waals surface area contributed by atoms with Crippen molar-refractivity contribution < 1.29 is 14.6 Å². The van der Waals surface area contributed by atoms with Gasteiger partial charge in [-0.15, -0.1) is 0 Å². The lowest BCUT2D eigenvalue weighted by molar-refractivity contribution is -0.116. The molecular weight excluding hydrogens is 268 g/mol. The summed E-state index contributed by atoms with van der Waals surface area (Å²) in [5.41, 5.74) is 2.41. The summed E-state index contributed by atoms with van der Waals surface area (Å²) < 4.78 is 5.10. The first kappa shape index (κ1) is 15.0. The molecule has 1 amide bonds. The normalized spacial score (nSPS) is 10.2. The smallest absolute Gasteiger partial charge is 0.224 e. The Morgan fingerprint density at radius 2 is 2.14 bits per heavy atom. The predicted octanol–water partition coefficient (Wildman–Crippen LogP) is 2.15. The van der Waals surface area contributed by atoms with Gasteiger partial charge in [0.25, 0.3) is 0 Å². The van der Waals surface area contributed by atoms with E-state index < -0.39 is 0 Å². The zero-order valence-corrected chi connectivity index (χ0v) is 11.9. The number of amides is 1. The fraction of sp³-hybridized carbons (Fsp3) is 0.250. The second-order valence-electron chi connectivity index (χ2n) is 4.64. The van der Waals surface area contributed by atoms with Crippen molar-refractivity contribution in [3.8, 4) is 5.75 Å². The van der Waals surface area contributed by atoms with E-state index in [1.54, 1.807) is 43.8 Å². The van der Waals surface area contributed by atoms with Crippen molar-refractivity contribution in [2.75, 3.05) is 12.4 Å². The lowest BCUT2D eigenvalue weighted by atomic mass is 10.1. The second kappa shape index (κ2) is 7.40. The number of methoxy groups -OCH3 is 1. The highest BCUT2D eigenvalue weighted by atomic mass is 16.5. The number of carbonyl (C=O) groups is 1. The predicted molar refractivity (Wildman–Crippen MR) is 80.1 cm³/mol. The minimum Gasteiger partial charge on any atom is -0.495 e. The molecule has 5 nitrogen and oxygen atoms in total. The number of nitrogens with one attached hydrogen (secondary N) is 1. The van der Waals surface area contributed by atoms with Gasteiger partial charge in [0.1, 0.15) is 5.75 Å². The highest BCUT2D eigenvalue weighted by molar-refractivity contribution is 5.90. The molecule has 0 unspecified atom stereocenters. The number of ether oxygens (including phenoxy) is 1. The van der Waals surface area contributed by atoms with Crippen LogP contribution in [-0.2, 0) is 17.8 Å². The van der Waals surface area contributed by atoms with Crippen molar-refractivity contribution in [1.82, 2.24) is 4.98 Å². The van der Waals surface area contributed by atoms with Crippen molar-refractivity contribution in [3.63, 3.8) is 0 Å². The number of rotatable bonds is 6. The fourth-order valence-electron chi connectivity index (χ4n) is 1.94. The summed E-state index contributed by atoms with van der Waals surface area (Å²) >= 11 is 0. The molecule has 0 aliphatic carbocycles. The molecule has 0 saturated heterocycles. The van der Waals surface area contributed by atoms with Crippen LogP contribution in [0.5, 0.6) is 5.75 Å². The van der Waals surface area contributed by atoms with Crippen LogP contribution in [0.3, 0.4) is 0 Å². The third-order valence-electron chi connectivity index (χ3n) is 3.04. The largest absolute Gasteiger partial charge is 0.495 e. The number of aliphatic hydroxyl groups is 1. The van der Waals surface area contributed by atoms with Crippen molar-refractivity contribution in [2.45, 2.75) is 19.4 Å². The SMILES string of the molecule is COc1cncc(CCC(=O)Nc2cccc(CO)c2)c1. The number of aryl methyl sites for hydroxylation is 1. The van der Waals surface area contributed by atoms with Crippen molar-refractivity contribution in [2.24, 2.45) is 0 Å². The number of hydrogen-bond acceptors (Lipinski definition) is 4. The zero-order chi connectivity index (χ0) is 15.1. The van der Waals surface area contributed by atoms with E-state index in [2.05, 4.69) is 10.3 Å². The second-order valence-corrected chi connectivity index (χ2v) is 4.64. The Balaban J connectivity index is 1.89. The number of anilines is 1. The van der Waals surface area contributed by atoms with E-state index in [9.17, 15) is 4.79 Å². The molecule has 0 bridgehead atoms. The first-order chi connectivity index (χ1) is 10.2. The highest BCUT2D eigenvalue weighted by Crippen LogP contribution is 2.14. The van der Waals surface area contributed by atoms with E-state index in [-0.39, 0.29) is 12.5 Å². The summed E-state index contributed by atoms with van der Waals surface area (Å²) in [7, 11) is 1.58. The van der Waals surface area contributed by atoms with Crippen LogP contribution in [0, 0.1) is 0 Å². The number of aromatic nitrogens is 1. The first-order valence-electron chi connectivity index (χ1n) is 6.69. The zero-order valence-electron chi connectivity index (χ0n) is 11.9. The molecule has 0 spiro atoms. The Morgan fingerprint density at radius 3 is 2.90 bits per heavy atom. The van der Waals surface area contributed by atoms with Crippen molar-refractivity contribution in [3.05, 3.63) is 53.9 Å². The minimum atomic E-state index is -0.0760. The average molecular weight is 286 g/mol. The van der Waals surface area contributed by atoms with Crippen LogP contribution in [-0.4, -0.2) is 23.1 Å². The van der Waals surface area contributed by atoms with Gasteiger partial charge in [0.15, 0.2) is 0 Å². The van der Waals surface area contributed by atoms with Gasteiger partial charge in [-0.3, -0.25) is 9.78 Å². The van der Waals surface area contributed by atoms with Crippen LogP contribution in [0.15, 0.2) is 42.7 Å². The number of aliphatic hydroxyl groups excluding tert-OH is 1. The molecule has 0 saturated carbocycles. The van der Waals surface area contributed by atoms with Crippen LogP contribution in [0.4, 0.5) is 5.69 Å². The maximum absolute atomic E-state index is 11.9. The summed E-state index contributed by atoms with van der Waals surface area (Å²) in [5.74, 6) is 0.608. The molecule has 1 heterocycles. The van der Waals surface area contributed by atoms with Crippen LogP contribution in [0.1, 0.15) is 17.5 Å². The van der Waals surface area contributed by atoms with Gasteiger partial charge in [-0.25, -0.2) is 0 Å². The molecule has 1 aromatic carbocycles. The standard InChI is InChI=1S/C16H18N2O3/c1-21-15-8-12(9-17-10-15)5-6-16(20)18-14-4-2-3-13(7-14)11-19/h2-4,7-10,19H,5-6,11H2,1H3,(H,18,20). The lowest BCUT2D eigenvalue weighted by Crippen LogP contribution is -2.12. The van der Waals surface area contributed by atoms with Crippen molar-refractivity contribution in [1.29, 1.82) is 0 Å². The molecule has 5 heteroatoms. The van der Waals surface area contributed by atoms with E-state index in [1.165, 1.54) is 0 Å². The summed E-state index contributed by atoms with van der Waals surface area (Å²) in [5, 5.41) is 11.9. The summed E-state index contributed by atoms with van der Waals surface area (Å²) in [6.07, 6.45) is 4.31. The monoisotopic (exact) mass is 286 g/mol. The van der Waals surface area contributed by atoms with E-state index >= 15 is 0 Å². The molecule has 0 radical (unpaired) electrons. The molecule has 2 rings (SSSR count). The number of carbonyl (C=O) groups excluding carboxylic acids is 1. The number of pyridine rings is 1. The van der Waals surface area contributed by atoms with E-state index in [0.29, 0.717) is 24.3 Å². The Labute approximate surface area is 123 Å². The summed E-state index contributed by atoms with van der Waals surface area (Å²) in [4.78, 5) is 16.0. The van der Waals surface area contributed by atoms with Gasteiger partial charge < -0.3 is 15.2 Å². The van der Waals surface area contributed by atoms with Gasteiger partial charge in [0, 0.05) is 18.3 Å². The number of benzene rings is 1. The third kappa shape index (κ3) is 4.57. The lowest BCUT2D eigenvalue weighted by Gasteiger charge is -2.07. The van der Waals surface area contributed by atoms with Gasteiger partial charge >= 0.3 is 0 Å². The van der Waals surface area contributed by atoms with E-state index in [0.717, 1.165) is 11.1 Å². The Morgan fingerprint density at radius 1 is 1.29 bits per heavy atom. The Bertz CT molecular complexity index is 614. The molecule has 110 valence electrons. The highest BCUT2D eigenvalue weighted by Gasteiger charge is 2.05. The number of hydrogen-bond donors (Lipinski definition) is 2. The van der Waals surface area contributed by atoms with Crippen LogP contribution >= 0.6 is 0 Å². The fourth-order valence-corrected chi connectivity index (χ4v) is 1.94. The first-order valence-corrected chi connectivity index (χ1v) is 6.69. The molecule has 0 aliphatic heterocycles. The van der Waals surface area contributed by atoms with Crippen molar-refractivity contribution >= 4 is 11.6 Å². The molecule has 2 N–H and O–H groups in total. The molecule has 0 atom stereocenters. The van der Waals surface area contributed by atoms with Gasteiger partial charge in [-0.1, -0.05) is 12.1 Å². The maximum Gasteiger partial charge on any atom is 0.224 e. The molecule has 0 aliphatic rings. The Hall–Kier alpha value is -2.40. The van der Waals surface area contributed by atoms with Crippen LogP contribution in [0.2, 0.25) is 0 Å². The van der Waals surface area contributed by atoms with E-state index in [1.807, 2.05) is 6.07 Å². The Kier molecular flexibility index (Phi) is 5.29. The topological polar surface area (TPSA) is 71.5 Å². The van der Waals surface area contributed by atoms with Gasteiger partial charge in [0.05, 0.1) is 19.9 Å². The minimum absolute atomic E-state index is 0.0425. The quantitative estimate of drug-likeness (QED) is 0.853. The third-order valence-corrected chi connectivity index (χ3v) is 3.04. The average Bonchev–Trinajstić information content (AvgIpc) is 2.53. The van der Waals surface area contributed by atoms with Gasteiger partial charge in [-0.2, -0.15) is 0 Å². The van der Waals surface area contributed by atoms with E-state index in [4.69, 9.17) is 9.84 Å². The van der Waals surface area contributed by atoms with Crippen LogP contribution < -0.4 is 10.1 Å².